The number of amides is 3. The van der Waals surface area contributed by atoms with Gasteiger partial charge in [-0.2, -0.15) is 5.10 Å². The number of urea groups is 1. The van der Waals surface area contributed by atoms with E-state index in [2.05, 4.69) is 24.3 Å². The topological polar surface area (TPSA) is 93.3 Å². The first-order valence-corrected chi connectivity index (χ1v) is 8.24. The van der Waals surface area contributed by atoms with Crippen LogP contribution in [-0.4, -0.2) is 39.7 Å². The molecule has 1 saturated heterocycles. The molecule has 7 nitrogen and oxygen atoms in total. The van der Waals surface area contributed by atoms with Crippen molar-refractivity contribution in [3.63, 3.8) is 0 Å². The van der Waals surface area contributed by atoms with Crippen molar-refractivity contribution in [3.8, 4) is 0 Å². The first-order valence-electron chi connectivity index (χ1n) is 8.24. The third kappa shape index (κ3) is 4.71. The lowest BCUT2D eigenvalue weighted by molar-refractivity contribution is -0.119. The largest absolute Gasteiger partial charge is 0.370 e. The molecule has 1 fully saturated rings. The van der Waals surface area contributed by atoms with Crippen molar-refractivity contribution in [1.29, 1.82) is 0 Å². The van der Waals surface area contributed by atoms with Gasteiger partial charge in [-0.15, -0.1) is 0 Å². The molecule has 0 radical (unpaired) electrons. The van der Waals surface area contributed by atoms with Crippen molar-refractivity contribution in [2.45, 2.75) is 52.1 Å². The minimum atomic E-state index is -0.299. The van der Waals surface area contributed by atoms with E-state index in [0.717, 1.165) is 24.9 Å². The fraction of sp³-hybridized carbons (Fsp3) is 0.688. The van der Waals surface area contributed by atoms with Crippen LogP contribution in [0.4, 0.5) is 4.79 Å². The number of nitrogens with two attached hydrogens (primary N) is 1. The van der Waals surface area contributed by atoms with E-state index in [0.29, 0.717) is 19.0 Å². The molecule has 2 rings (SSSR count). The van der Waals surface area contributed by atoms with Gasteiger partial charge in [0.05, 0.1) is 12.2 Å². The van der Waals surface area contributed by atoms with Gasteiger partial charge in [0.25, 0.3) is 0 Å². The summed E-state index contributed by atoms with van der Waals surface area (Å²) in [7, 11) is 0. The number of rotatable bonds is 5. The fourth-order valence-electron chi connectivity index (χ4n) is 2.92. The van der Waals surface area contributed by atoms with Crippen LogP contribution in [0, 0.1) is 5.92 Å². The summed E-state index contributed by atoms with van der Waals surface area (Å²) in [6.45, 7) is 7.38. The number of nitrogens with one attached hydrogen (secondary N) is 1. The molecule has 128 valence electrons. The average molecular weight is 321 g/mol. The highest BCUT2D eigenvalue weighted by Crippen LogP contribution is 2.20. The third-order valence-corrected chi connectivity index (χ3v) is 4.29. The van der Waals surface area contributed by atoms with Gasteiger partial charge in [0.1, 0.15) is 0 Å². The highest BCUT2D eigenvalue weighted by Gasteiger charge is 2.25. The van der Waals surface area contributed by atoms with Gasteiger partial charge in [-0.05, 0) is 39.5 Å². The standard InChI is InChI=1S/C16H27N5O2/c1-11(2)21-10-14(8-18-21)12(3)19-16(23)20-6-4-5-13(9-20)7-15(17)22/h8,10-13H,4-7,9H2,1-3H3,(H2,17,22)(H,19,23)/t12-,13+/m1/s1. The molecule has 0 aliphatic carbocycles. The Labute approximate surface area is 137 Å². The van der Waals surface area contributed by atoms with Crippen LogP contribution in [0.25, 0.3) is 0 Å². The summed E-state index contributed by atoms with van der Waals surface area (Å²) in [6, 6.07) is 0.0961. The summed E-state index contributed by atoms with van der Waals surface area (Å²) in [5.74, 6) is -0.127. The van der Waals surface area contributed by atoms with Crippen molar-refractivity contribution in [2.24, 2.45) is 11.7 Å². The van der Waals surface area contributed by atoms with Crippen LogP contribution in [0.1, 0.15) is 57.7 Å². The van der Waals surface area contributed by atoms with E-state index in [1.54, 1.807) is 11.1 Å². The third-order valence-electron chi connectivity index (χ3n) is 4.29. The van der Waals surface area contributed by atoms with Crippen molar-refractivity contribution < 1.29 is 9.59 Å². The highest BCUT2D eigenvalue weighted by atomic mass is 16.2. The molecule has 1 aliphatic rings. The van der Waals surface area contributed by atoms with E-state index >= 15 is 0 Å². The van der Waals surface area contributed by atoms with Crippen LogP contribution in [0.5, 0.6) is 0 Å². The van der Waals surface area contributed by atoms with Gasteiger partial charge < -0.3 is 16.0 Å². The Hall–Kier alpha value is -2.05. The molecule has 0 spiro atoms. The van der Waals surface area contributed by atoms with Gasteiger partial charge in [-0.3, -0.25) is 9.48 Å². The molecule has 0 unspecified atom stereocenters. The van der Waals surface area contributed by atoms with Gasteiger partial charge in [0.15, 0.2) is 0 Å². The second-order valence-corrected chi connectivity index (χ2v) is 6.64. The molecule has 7 heteroatoms. The zero-order valence-corrected chi connectivity index (χ0v) is 14.2. The summed E-state index contributed by atoms with van der Waals surface area (Å²) < 4.78 is 1.88. The highest BCUT2D eigenvalue weighted by molar-refractivity contribution is 5.76. The quantitative estimate of drug-likeness (QED) is 0.866. The van der Waals surface area contributed by atoms with Crippen LogP contribution in [0.2, 0.25) is 0 Å². The Kier molecular flexibility index (Phi) is 5.63. The maximum absolute atomic E-state index is 12.4. The van der Waals surface area contributed by atoms with Gasteiger partial charge in [-0.25, -0.2) is 4.79 Å². The van der Waals surface area contributed by atoms with Gasteiger partial charge in [-0.1, -0.05) is 0 Å². The summed E-state index contributed by atoms with van der Waals surface area (Å²) in [5, 5.41) is 7.31. The zero-order valence-electron chi connectivity index (χ0n) is 14.2. The number of primary amides is 1. The number of carbonyl (C=O) groups is 2. The van der Waals surface area contributed by atoms with Crippen molar-refractivity contribution in [3.05, 3.63) is 18.0 Å². The van der Waals surface area contributed by atoms with E-state index in [9.17, 15) is 9.59 Å². The smallest absolute Gasteiger partial charge is 0.317 e. The number of carbonyl (C=O) groups excluding carboxylic acids is 2. The monoisotopic (exact) mass is 321 g/mol. The lowest BCUT2D eigenvalue weighted by atomic mass is 9.95. The summed E-state index contributed by atoms with van der Waals surface area (Å²) in [5.41, 5.74) is 6.25. The van der Waals surface area contributed by atoms with Crippen LogP contribution < -0.4 is 11.1 Å². The molecule has 1 aromatic heterocycles. The first kappa shape index (κ1) is 17.3. The fourth-order valence-corrected chi connectivity index (χ4v) is 2.92. The van der Waals surface area contributed by atoms with Gasteiger partial charge >= 0.3 is 6.03 Å². The predicted molar refractivity (Wildman–Crippen MR) is 87.7 cm³/mol. The molecule has 1 aromatic rings. The predicted octanol–water partition coefficient (Wildman–Crippen LogP) is 1.82. The number of hydrogen-bond acceptors (Lipinski definition) is 3. The normalized spacial score (nSPS) is 19.7. The van der Waals surface area contributed by atoms with Crippen LogP contribution in [0.3, 0.4) is 0 Å². The molecule has 3 amide bonds. The zero-order chi connectivity index (χ0) is 17.0. The minimum absolute atomic E-state index is 0.0935. The summed E-state index contributed by atoms with van der Waals surface area (Å²) in [4.78, 5) is 25.3. The van der Waals surface area contributed by atoms with Crippen molar-refractivity contribution in [2.75, 3.05) is 13.1 Å². The Morgan fingerprint density at radius 1 is 1.43 bits per heavy atom. The molecule has 3 N–H and O–H groups in total. The van der Waals surface area contributed by atoms with E-state index in [1.807, 2.05) is 17.8 Å². The van der Waals surface area contributed by atoms with Gasteiger partial charge in [0.2, 0.25) is 5.91 Å². The molecule has 1 aliphatic heterocycles. The Morgan fingerprint density at radius 2 is 2.17 bits per heavy atom. The van der Waals surface area contributed by atoms with Crippen LogP contribution >= 0.6 is 0 Å². The van der Waals surface area contributed by atoms with Crippen molar-refractivity contribution >= 4 is 11.9 Å². The second kappa shape index (κ2) is 7.48. The average Bonchev–Trinajstić information content (AvgIpc) is 2.97. The lowest BCUT2D eigenvalue weighted by Crippen LogP contribution is -2.46. The molecule has 2 atom stereocenters. The summed E-state index contributed by atoms with van der Waals surface area (Å²) in [6.07, 6.45) is 5.95. The summed E-state index contributed by atoms with van der Waals surface area (Å²) >= 11 is 0. The number of nitrogens with zero attached hydrogens (tertiary/aromatic N) is 3. The van der Waals surface area contributed by atoms with E-state index < -0.39 is 0 Å². The Bertz CT molecular complexity index is 554. The maximum Gasteiger partial charge on any atom is 0.317 e. The number of likely N-dealkylation sites (tertiary alicyclic amines) is 1. The molecular weight excluding hydrogens is 294 g/mol. The molecular formula is C16H27N5O2. The lowest BCUT2D eigenvalue weighted by Gasteiger charge is -2.33. The van der Waals surface area contributed by atoms with Crippen molar-refractivity contribution in [1.82, 2.24) is 20.0 Å². The number of piperidine rings is 1. The molecule has 0 bridgehead atoms. The number of aromatic nitrogens is 2. The SMILES string of the molecule is CC(C)n1cc([C@@H](C)NC(=O)N2CCC[C@@H](CC(N)=O)C2)cn1. The Morgan fingerprint density at radius 3 is 2.78 bits per heavy atom. The minimum Gasteiger partial charge on any atom is -0.370 e. The maximum atomic E-state index is 12.4. The molecule has 2 heterocycles. The van der Waals surface area contributed by atoms with Crippen LogP contribution in [-0.2, 0) is 4.79 Å². The number of hydrogen-bond donors (Lipinski definition) is 2. The van der Waals surface area contributed by atoms with E-state index in [4.69, 9.17) is 5.73 Å². The second-order valence-electron chi connectivity index (χ2n) is 6.64. The molecule has 23 heavy (non-hydrogen) atoms. The molecule has 0 aromatic carbocycles. The van der Waals surface area contributed by atoms with Gasteiger partial charge in [0, 0.05) is 37.3 Å². The van der Waals surface area contributed by atoms with E-state index in [-0.39, 0.29) is 23.9 Å². The van der Waals surface area contributed by atoms with E-state index in [1.165, 1.54) is 0 Å². The van der Waals surface area contributed by atoms with Crippen LogP contribution in [0.15, 0.2) is 12.4 Å². The Balaban J connectivity index is 1.90. The first-order chi connectivity index (χ1) is 10.9. The molecule has 0 saturated carbocycles.